The average Bonchev–Trinajstić information content (AvgIpc) is 2.97. The minimum absolute atomic E-state index is 0.0319. The molecule has 0 spiro atoms. The molecule has 0 unspecified atom stereocenters. The maximum absolute atomic E-state index is 12.3. The second-order valence-electron chi connectivity index (χ2n) is 6.55. The summed E-state index contributed by atoms with van der Waals surface area (Å²) in [5.41, 5.74) is 9.27. The van der Waals surface area contributed by atoms with Crippen molar-refractivity contribution in [2.75, 3.05) is 31.7 Å². The number of nitrogens with one attached hydrogen (secondary N) is 1. The van der Waals surface area contributed by atoms with Crippen LogP contribution in [0.25, 0.3) is 10.9 Å². The Morgan fingerprint density at radius 2 is 1.88 bits per heavy atom. The standard InChI is InChI=1S/C20H24N4O/c1-23(2)11-12-24-10-9-16-5-8-18(14-19(16)24)22-20(25)13-15-3-6-17(21)7-4-15/h3-10,14H,11-13,21H2,1-2H3,(H,22,25). The largest absolute Gasteiger partial charge is 0.399 e. The van der Waals surface area contributed by atoms with Crippen LogP contribution >= 0.6 is 0 Å². The molecule has 5 heteroatoms. The minimum atomic E-state index is -0.0319. The van der Waals surface area contributed by atoms with Gasteiger partial charge in [0, 0.05) is 30.7 Å². The van der Waals surface area contributed by atoms with Gasteiger partial charge in [-0.2, -0.15) is 0 Å². The molecule has 3 N–H and O–H groups in total. The van der Waals surface area contributed by atoms with Gasteiger partial charge < -0.3 is 20.5 Å². The van der Waals surface area contributed by atoms with Crippen LogP contribution < -0.4 is 11.1 Å². The molecule has 0 aliphatic carbocycles. The minimum Gasteiger partial charge on any atom is -0.399 e. The number of carbonyl (C=O) groups is 1. The van der Waals surface area contributed by atoms with E-state index in [9.17, 15) is 4.79 Å². The maximum atomic E-state index is 12.3. The van der Waals surface area contributed by atoms with Crippen LogP contribution in [0.3, 0.4) is 0 Å². The SMILES string of the molecule is CN(C)CCn1ccc2ccc(NC(=O)Cc3ccc(N)cc3)cc21. The zero-order valence-corrected chi connectivity index (χ0v) is 14.7. The molecule has 2 aromatic carbocycles. The van der Waals surface area contributed by atoms with E-state index in [0.29, 0.717) is 12.1 Å². The molecule has 0 aliphatic rings. The highest BCUT2D eigenvalue weighted by Gasteiger charge is 2.07. The first-order valence-corrected chi connectivity index (χ1v) is 8.39. The van der Waals surface area contributed by atoms with Crippen molar-refractivity contribution in [1.29, 1.82) is 0 Å². The number of fused-ring (bicyclic) bond motifs is 1. The Labute approximate surface area is 148 Å². The van der Waals surface area contributed by atoms with Gasteiger partial charge in [-0.05, 0) is 55.4 Å². The molecule has 1 aromatic heterocycles. The van der Waals surface area contributed by atoms with Gasteiger partial charge in [-0.25, -0.2) is 0 Å². The number of rotatable bonds is 6. The smallest absolute Gasteiger partial charge is 0.228 e. The summed E-state index contributed by atoms with van der Waals surface area (Å²) in [6.45, 7) is 1.89. The Morgan fingerprint density at radius 1 is 1.12 bits per heavy atom. The van der Waals surface area contributed by atoms with E-state index in [1.807, 2.05) is 42.5 Å². The lowest BCUT2D eigenvalue weighted by atomic mass is 10.1. The van der Waals surface area contributed by atoms with E-state index in [0.717, 1.165) is 29.9 Å². The Hall–Kier alpha value is -2.79. The number of hydrogen-bond donors (Lipinski definition) is 2. The lowest BCUT2D eigenvalue weighted by Gasteiger charge is -2.12. The number of carbonyl (C=O) groups excluding carboxylic acids is 1. The van der Waals surface area contributed by atoms with E-state index in [2.05, 4.69) is 41.1 Å². The van der Waals surface area contributed by atoms with Crippen LogP contribution in [0.1, 0.15) is 5.56 Å². The van der Waals surface area contributed by atoms with Crippen molar-refractivity contribution in [3.8, 4) is 0 Å². The van der Waals surface area contributed by atoms with Gasteiger partial charge >= 0.3 is 0 Å². The fourth-order valence-electron chi connectivity index (χ4n) is 2.79. The van der Waals surface area contributed by atoms with E-state index in [-0.39, 0.29) is 5.91 Å². The fraction of sp³-hybridized carbons (Fsp3) is 0.250. The number of anilines is 2. The number of nitrogens with two attached hydrogens (primary N) is 1. The molecule has 130 valence electrons. The van der Waals surface area contributed by atoms with Crippen molar-refractivity contribution >= 4 is 28.2 Å². The number of amides is 1. The predicted molar refractivity (Wildman–Crippen MR) is 104 cm³/mol. The Kier molecular flexibility index (Phi) is 5.05. The number of likely N-dealkylation sites (N-methyl/N-ethyl adjacent to an activating group) is 1. The lowest BCUT2D eigenvalue weighted by molar-refractivity contribution is -0.115. The number of nitrogens with zero attached hydrogens (tertiary/aromatic N) is 2. The summed E-state index contributed by atoms with van der Waals surface area (Å²) in [6, 6.07) is 15.5. The van der Waals surface area contributed by atoms with Crippen LogP contribution in [-0.4, -0.2) is 36.0 Å². The van der Waals surface area contributed by atoms with Crippen molar-refractivity contribution in [3.05, 3.63) is 60.3 Å². The number of nitrogen functional groups attached to an aromatic ring is 1. The average molecular weight is 336 g/mol. The van der Waals surface area contributed by atoms with E-state index >= 15 is 0 Å². The van der Waals surface area contributed by atoms with Gasteiger partial charge in [0.25, 0.3) is 0 Å². The van der Waals surface area contributed by atoms with E-state index in [4.69, 9.17) is 5.73 Å². The molecule has 0 radical (unpaired) electrons. The van der Waals surface area contributed by atoms with Crippen molar-refractivity contribution < 1.29 is 4.79 Å². The first-order chi connectivity index (χ1) is 12.0. The summed E-state index contributed by atoms with van der Waals surface area (Å²) in [7, 11) is 4.13. The van der Waals surface area contributed by atoms with Gasteiger partial charge in [-0.1, -0.05) is 18.2 Å². The quantitative estimate of drug-likeness (QED) is 0.680. The zero-order valence-electron chi connectivity index (χ0n) is 14.7. The van der Waals surface area contributed by atoms with Gasteiger partial charge in [0.15, 0.2) is 0 Å². The fourth-order valence-corrected chi connectivity index (χ4v) is 2.79. The Balaban J connectivity index is 1.71. The molecule has 25 heavy (non-hydrogen) atoms. The summed E-state index contributed by atoms with van der Waals surface area (Å²) >= 11 is 0. The molecule has 0 atom stereocenters. The third kappa shape index (κ3) is 4.39. The van der Waals surface area contributed by atoms with E-state index < -0.39 is 0 Å². The van der Waals surface area contributed by atoms with Crippen LogP contribution in [0.5, 0.6) is 0 Å². The van der Waals surface area contributed by atoms with Gasteiger partial charge in [-0.3, -0.25) is 4.79 Å². The van der Waals surface area contributed by atoms with Crippen LogP contribution in [0.4, 0.5) is 11.4 Å². The molecule has 0 saturated carbocycles. The first-order valence-electron chi connectivity index (χ1n) is 8.39. The molecule has 5 nitrogen and oxygen atoms in total. The molecule has 3 rings (SSSR count). The third-order valence-corrected chi connectivity index (χ3v) is 4.19. The van der Waals surface area contributed by atoms with Crippen molar-refractivity contribution in [1.82, 2.24) is 9.47 Å². The zero-order chi connectivity index (χ0) is 17.8. The summed E-state index contributed by atoms with van der Waals surface area (Å²) in [4.78, 5) is 14.4. The molecular formula is C20H24N4O. The molecule has 0 aliphatic heterocycles. The summed E-state index contributed by atoms with van der Waals surface area (Å²) in [6.07, 6.45) is 2.42. The van der Waals surface area contributed by atoms with Crippen LogP contribution in [0.15, 0.2) is 54.7 Å². The second-order valence-corrected chi connectivity index (χ2v) is 6.55. The molecular weight excluding hydrogens is 312 g/mol. The second kappa shape index (κ2) is 7.40. The number of aromatic nitrogens is 1. The predicted octanol–water partition coefficient (Wildman–Crippen LogP) is 2.97. The highest BCUT2D eigenvalue weighted by molar-refractivity contribution is 5.94. The van der Waals surface area contributed by atoms with E-state index in [1.165, 1.54) is 5.39 Å². The summed E-state index contributed by atoms with van der Waals surface area (Å²) < 4.78 is 2.21. The molecule has 3 aromatic rings. The number of benzene rings is 2. The van der Waals surface area contributed by atoms with Crippen LogP contribution in [-0.2, 0) is 17.8 Å². The number of hydrogen-bond acceptors (Lipinski definition) is 3. The molecule has 1 amide bonds. The normalized spacial score (nSPS) is 11.2. The van der Waals surface area contributed by atoms with Gasteiger partial charge in [-0.15, -0.1) is 0 Å². The molecule has 0 bridgehead atoms. The first kappa shape index (κ1) is 17.0. The van der Waals surface area contributed by atoms with Crippen molar-refractivity contribution in [2.45, 2.75) is 13.0 Å². The molecule has 1 heterocycles. The Bertz CT molecular complexity index is 865. The molecule has 0 saturated heterocycles. The van der Waals surface area contributed by atoms with Crippen molar-refractivity contribution in [3.63, 3.8) is 0 Å². The Morgan fingerprint density at radius 3 is 2.60 bits per heavy atom. The van der Waals surface area contributed by atoms with Crippen LogP contribution in [0, 0.1) is 0 Å². The maximum Gasteiger partial charge on any atom is 0.228 e. The van der Waals surface area contributed by atoms with Crippen LogP contribution in [0.2, 0.25) is 0 Å². The highest BCUT2D eigenvalue weighted by Crippen LogP contribution is 2.21. The van der Waals surface area contributed by atoms with E-state index in [1.54, 1.807) is 0 Å². The third-order valence-electron chi connectivity index (χ3n) is 4.19. The van der Waals surface area contributed by atoms with Crippen molar-refractivity contribution in [2.24, 2.45) is 0 Å². The topological polar surface area (TPSA) is 63.3 Å². The summed E-state index contributed by atoms with van der Waals surface area (Å²) in [5.74, 6) is -0.0319. The van der Waals surface area contributed by atoms with Gasteiger partial charge in [0.05, 0.1) is 11.9 Å². The van der Waals surface area contributed by atoms with Gasteiger partial charge in [0.2, 0.25) is 5.91 Å². The lowest BCUT2D eigenvalue weighted by Crippen LogP contribution is -2.18. The highest BCUT2D eigenvalue weighted by atomic mass is 16.1. The monoisotopic (exact) mass is 336 g/mol. The summed E-state index contributed by atoms with van der Waals surface area (Å²) in [5, 5.41) is 4.16. The molecule has 0 fully saturated rings. The van der Waals surface area contributed by atoms with Gasteiger partial charge in [0.1, 0.15) is 0 Å².